The van der Waals surface area contributed by atoms with Gasteiger partial charge in [-0.1, -0.05) is 12.1 Å². The minimum absolute atomic E-state index is 0.0867. The lowest BCUT2D eigenvalue weighted by atomic mass is 10.1. The molecule has 1 aliphatic heterocycles. The summed E-state index contributed by atoms with van der Waals surface area (Å²) in [5.74, 6) is -0.495. The molecule has 0 spiro atoms. The predicted octanol–water partition coefficient (Wildman–Crippen LogP) is 4.21. The number of anilines is 1. The van der Waals surface area contributed by atoms with Crippen LogP contribution >= 0.6 is 0 Å². The highest BCUT2D eigenvalue weighted by Gasteiger charge is 2.27. The molecule has 2 heterocycles. The summed E-state index contributed by atoms with van der Waals surface area (Å²) in [6, 6.07) is 7.99. The van der Waals surface area contributed by atoms with E-state index in [1.165, 1.54) is 12.3 Å². The SMILES string of the molecule is CCn1cc(S(=O)(=O)c2cc(C)ccc2C)c(=O)c2cc(F)c(N3CCCC3)cc21. The Hall–Kier alpha value is -2.67. The van der Waals surface area contributed by atoms with Crippen molar-refractivity contribution in [2.45, 2.75) is 49.9 Å². The van der Waals surface area contributed by atoms with Crippen LogP contribution in [0.15, 0.2) is 51.1 Å². The smallest absolute Gasteiger partial charge is 0.212 e. The Bertz CT molecular complexity index is 1310. The van der Waals surface area contributed by atoms with Gasteiger partial charge in [-0.15, -0.1) is 0 Å². The molecule has 1 saturated heterocycles. The maximum atomic E-state index is 14.9. The number of hydrogen-bond donors (Lipinski definition) is 0. The molecule has 30 heavy (non-hydrogen) atoms. The van der Waals surface area contributed by atoms with Crippen LogP contribution < -0.4 is 10.3 Å². The molecule has 0 atom stereocenters. The van der Waals surface area contributed by atoms with Crippen LogP contribution in [0.1, 0.15) is 30.9 Å². The number of sulfone groups is 1. The second kappa shape index (κ2) is 7.54. The third-order valence-corrected chi connectivity index (χ3v) is 7.71. The van der Waals surface area contributed by atoms with Crippen molar-refractivity contribution in [2.24, 2.45) is 0 Å². The van der Waals surface area contributed by atoms with E-state index < -0.39 is 21.1 Å². The van der Waals surface area contributed by atoms with Crippen molar-refractivity contribution in [1.29, 1.82) is 0 Å². The first-order chi connectivity index (χ1) is 14.2. The molecule has 0 unspecified atom stereocenters. The molecule has 1 fully saturated rings. The van der Waals surface area contributed by atoms with Crippen LogP contribution in [0.2, 0.25) is 0 Å². The van der Waals surface area contributed by atoms with E-state index in [9.17, 15) is 17.6 Å². The van der Waals surface area contributed by atoms with E-state index in [0.29, 0.717) is 23.3 Å². The Balaban J connectivity index is 1.98. The number of rotatable bonds is 4. The van der Waals surface area contributed by atoms with Gasteiger partial charge in [-0.25, -0.2) is 12.8 Å². The highest BCUT2D eigenvalue weighted by molar-refractivity contribution is 7.91. The molecule has 158 valence electrons. The number of aryl methyl sites for hydroxylation is 3. The van der Waals surface area contributed by atoms with Gasteiger partial charge in [0.2, 0.25) is 15.3 Å². The molecule has 0 saturated carbocycles. The molecule has 1 aliphatic rings. The average Bonchev–Trinajstić information content (AvgIpc) is 3.24. The summed E-state index contributed by atoms with van der Waals surface area (Å²) < 4.78 is 43.4. The Morgan fingerprint density at radius 2 is 1.73 bits per heavy atom. The van der Waals surface area contributed by atoms with Crippen molar-refractivity contribution in [3.63, 3.8) is 0 Å². The second-order valence-electron chi connectivity index (χ2n) is 7.90. The summed E-state index contributed by atoms with van der Waals surface area (Å²) in [7, 11) is -4.05. The number of pyridine rings is 1. The summed E-state index contributed by atoms with van der Waals surface area (Å²) in [4.78, 5) is 15.0. The molecule has 4 rings (SSSR count). The Morgan fingerprint density at radius 1 is 1.03 bits per heavy atom. The summed E-state index contributed by atoms with van der Waals surface area (Å²) in [5, 5.41) is 0.0867. The zero-order valence-corrected chi connectivity index (χ0v) is 18.2. The third kappa shape index (κ3) is 3.31. The van der Waals surface area contributed by atoms with Gasteiger partial charge in [0.05, 0.1) is 21.5 Å². The van der Waals surface area contributed by atoms with Crippen LogP contribution in [-0.2, 0) is 16.4 Å². The van der Waals surface area contributed by atoms with E-state index in [-0.39, 0.29) is 15.2 Å². The standard InChI is InChI=1S/C23H25FN2O3S/c1-4-25-14-22(30(28,29)21-11-15(2)7-8-16(21)3)23(27)17-12-18(24)20(13-19(17)25)26-9-5-6-10-26/h7-8,11-14H,4-6,9-10H2,1-3H3. The lowest BCUT2D eigenvalue weighted by molar-refractivity contribution is 0.592. The molecule has 0 amide bonds. The maximum absolute atomic E-state index is 14.9. The number of halogens is 1. The first kappa shape index (κ1) is 20.6. The Labute approximate surface area is 175 Å². The fourth-order valence-electron chi connectivity index (χ4n) is 4.14. The first-order valence-corrected chi connectivity index (χ1v) is 11.7. The number of nitrogens with zero attached hydrogens (tertiary/aromatic N) is 2. The molecule has 0 aliphatic carbocycles. The van der Waals surface area contributed by atoms with Crippen molar-refractivity contribution in [1.82, 2.24) is 4.57 Å². The Morgan fingerprint density at radius 3 is 2.40 bits per heavy atom. The highest BCUT2D eigenvalue weighted by Crippen LogP contribution is 2.30. The van der Waals surface area contributed by atoms with Gasteiger partial charge in [0.25, 0.3) is 0 Å². The molecule has 5 nitrogen and oxygen atoms in total. The third-order valence-electron chi connectivity index (χ3n) is 5.83. The molecule has 2 aromatic carbocycles. The minimum Gasteiger partial charge on any atom is -0.369 e. The van der Waals surface area contributed by atoms with Crippen LogP contribution in [0.3, 0.4) is 0 Å². The summed E-state index contributed by atoms with van der Waals surface area (Å²) in [6.07, 6.45) is 3.41. The zero-order chi connectivity index (χ0) is 21.6. The van der Waals surface area contributed by atoms with Crippen LogP contribution in [0, 0.1) is 19.7 Å². The van der Waals surface area contributed by atoms with Crippen LogP contribution in [-0.4, -0.2) is 26.1 Å². The van der Waals surface area contributed by atoms with Crippen LogP contribution in [0.5, 0.6) is 0 Å². The lowest BCUT2D eigenvalue weighted by Gasteiger charge is -2.20. The van der Waals surface area contributed by atoms with Gasteiger partial charge in [-0.05, 0) is 62.9 Å². The second-order valence-corrected chi connectivity index (χ2v) is 9.78. The van der Waals surface area contributed by atoms with E-state index >= 15 is 0 Å². The number of benzene rings is 2. The largest absolute Gasteiger partial charge is 0.369 e. The predicted molar refractivity (Wildman–Crippen MR) is 117 cm³/mol. The molecule has 0 radical (unpaired) electrons. The highest BCUT2D eigenvalue weighted by atomic mass is 32.2. The normalized spacial score (nSPS) is 14.6. The van der Waals surface area contributed by atoms with E-state index in [4.69, 9.17) is 0 Å². The van der Waals surface area contributed by atoms with Gasteiger partial charge in [0.1, 0.15) is 10.7 Å². The molecular weight excluding hydrogens is 403 g/mol. The monoisotopic (exact) mass is 428 g/mol. The minimum atomic E-state index is -4.05. The summed E-state index contributed by atoms with van der Waals surface area (Å²) >= 11 is 0. The maximum Gasteiger partial charge on any atom is 0.212 e. The molecule has 3 aromatic rings. The van der Waals surface area contributed by atoms with Crippen molar-refractivity contribution in [3.8, 4) is 0 Å². The number of aromatic nitrogens is 1. The average molecular weight is 429 g/mol. The fraction of sp³-hybridized carbons (Fsp3) is 0.348. The first-order valence-electron chi connectivity index (χ1n) is 10.2. The van der Waals surface area contributed by atoms with Crippen LogP contribution in [0.25, 0.3) is 10.9 Å². The molecule has 7 heteroatoms. The van der Waals surface area contributed by atoms with Gasteiger partial charge >= 0.3 is 0 Å². The quantitative estimate of drug-likeness (QED) is 0.625. The lowest BCUT2D eigenvalue weighted by Crippen LogP contribution is -2.22. The van der Waals surface area contributed by atoms with Gasteiger partial charge < -0.3 is 9.47 Å². The molecule has 0 bridgehead atoms. The van der Waals surface area contributed by atoms with E-state index in [1.807, 2.05) is 17.9 Å². The number of fused-ring (bicyclic) bond motifs is 1. The van der Waals surface area contributed by atoms with Crippen molar-refractivity contribution in [2.75, 3.05) is 18.0 Å². The number of hydrogen-bond acceptors (Lipinski definition) is 4. The van der Waals surface area contributed by atoms with Gasteiger partial charge in [0.15, 0.2) is 0 Å². The fourth-order valence-corrected chi connectivity index (χ4v) is 5.83. The van der Waals surface area contributed by atoms with Crippen molar-refractivity contribution in [3.05, 3.63) is 63.7 Å². The van der Waals surface area contributed by atoms with Gasteiger partial charge in [-0.3, -0.25) is 4.79 Å². The van der Waals surface area contributed by atoms with Crippen molar-refractivity contribution >= 4 is 26.4 Å². The van der Waals surface area contributed by atoms with Gasteiger partial charge in [0, 0.05) is 25.8 Å². The van der Waals surface area contributed by atoms with Crippen molar-refractivity contribution < 1.29 is 12.8 Å². The molecule has 0 N–H and O–H groups in total. The summed E-state index contributed by atoms with van der Waals surface area (Å²) in [5.41, 5.74) is 1.70. The molecular formula is C23H25FN2O3S. The Kier molecular flexibility index (Phi) is 5.18. The van der Waals surface area contributed by atoms with Gasteiger partial charge in [-0.2, -0.15) is 0 Å². The van der Waals surface area contributed by atoms with E-state index in [2.05, 4.69) is 0 Å². The molecule has 1 aromatic heterocycles. The van der Waals surface area contributed by atoms with E-state index in [1.54, 1.807) is 36.6 Å². The topological polar surface area (TPSA) is 59.4 Å². The van der Waals surface area contributed by atoms with E-state index in [0.717, 1.165) is 31.5 Å². The zero-order valence-electron chi connectivity index (χ0n) is 17.4. The summed E-state index contributed by atoms with van der Waals surface area (Å²) in [6.45, 7) is 7.39. The van der Waals surface area contributed by atoms with Crippen LogP contribution in [0.4, 0.5) is 10.1 Å².